The van der Waals surface area contributed by atoms with Crippen molar-refractivity contribution in [3.8, 4) is 5.75 Å². The van der Waals surface area contributed by atoms with Gasteiger partial charge in [0.25, 0.3) is 5.91 Å². The third-order valence-electron chi connectivity index (χ3n) is 4.53. The minimum atomic E-state index is -3.88. The lowest BCUT2D eigenvalue weighted by atomic mass is 10.1. The van der Waals surface area contributed by atoms with Gasteiger partial charge >= 0.3 is 0 Å². The van der Waals surface area contributed by atoms with Gasteiger partial charge in [-0.05, 0) is 35.4 Å². The molecule has 156 valence electrons. The number of phenolic OH excluding ortho intramolecular Hbond substituents is 1. The van der Waals surface area contributed by atoms with E-state index < -0.39 is 15.9 Å². The first kappa shape index (κ1) is 21.8. The van der Waals surface area contributed by atoms with Crippen molar-refractivity contribution in [3.63, 3.8) is 0 Å². The van der Waals surface area contributed by atoms with Crippen molar-refractivity contribution >= 4 is 27.5 Å². The Balaban J connectivity index is 1.80. The summed E-state index contributed by atoms with van der Waals surface area (Å²) in [5.74, 6) is -0.819. The van der Waals surface area contributed by atoms with E-state index in [2.05, 4.69) is 4.72 Å². The van der Waals surface area contributed by atoms with Crippen LogP contribution in [0.4, 0.5) is 0 Å². The van der Waals surface area contributed by atoms with Crippen LogP contribution in [0.1, 0.15) is 21.5 Å². The molecule has 0 atom stereocenters. The minimum absolute atomic E-state index is 0.105. The number of nitrogens with zero attached hydrogens (tertiary/aromatic N) is 1. The van der Waals surface area contributed by atoms with Gasteiger partial charge in [-0.1, -0.05) is 60.1 Å². The standard InChI is InChI=1S/C22H21ClN2O4S/c1-25(15-17-9-5-6-10-20(17)23)22(27)19-13-18(11-12-21(19)26)30(28,29)24-14-16-7-3-2-4-8-16/h2-13,24,26H,14-15H2,1H3. The number of benzene rings is 3. The molecule has 0 spiro atoms. The Kier molecular flexibility index (Phi) is 6.77. The fourth-order valence-electron chi connectivity index (χ4n) is 2.87. The Morgan fingerprint density at radius 2 is 1.70 bits per heavy atom. The molecule has 0 aliphatic heterocycles. The maximum Gasteiger partial charge on any atom is 0.257 e. The molecule has 6 nitrogen and oxygen atoms in total. The van der Waals surface area contributed by atoms with Gasteiger partial charge in [0.1, 0.15) is 5.75 Å². The SMILES string of the molecule is CN(Cc1ccccc1Cl)C(=O)c1cc(S(=O)(=O)NCc2ccccc2)ccc1O. The van der Waals surface area contributed by atoms with Gasteiger partial charge in [-0.15, -0.1) is 0 Å². The summed E-state index contributed by atoms with van der Waals surface area (Å²) in [5, 5.41) is 10.7. The third kappa shape index (κ3) is 5.18. The first-order valence-corrected chi connectivity index (χ1v) is 11.0. The van der Waals surface area contributed by atoms with Crippen molar-refractivity contribution in [1.82, 2.24) is 9.62 Å². The van der Waals surface area contributed by atoms with Crippen LogP contribution in [-0.2, 0) is 23.1 Å². The molecular formula is C22H21ClN2O4S. The van der Waals surface area contributed by atoms with E-state index in [0.717, 1.165) is 11.1 Å². The van der Waals surface area contributed by atoms with Gasteiger partial charge < -0.3 is 10.0 Å². The Morgan fingerprint density at radius 3 is 2.40 bits per heavy atom. The van der Waals surface area contributed by atoms with Crippen molar-refractivity contribution in [2.75, 3.05) is 7.05 Å². The average molecular weight is 445 g/mol. The number of phenols is 1. The molecule has 0 radical (unpaired) electrons. The van der Waals surface area contributed by atoms with E-state index in [0.29, 0.717) is 5.02 Å². The summed E-state index contributed by atoms with van der Waals surface area (Å²) in [5.41, 5.74) is 1.44. The first-order chi connectivity index (χ1) is 14.3. The zero-order valence-corrected chi connectivity index (χ0v) is 17.8. The molecule has 3 aromatic carbocycles. The number of hydrogen-bond acceptors (Lipinski definition) is 4. The third-order valence-corrected chi connectivity index (χ3v) is 6.30. The van der Waals surface area contributed by atoms with Crippen LogP contribution in [0.25, 0.3) is 0 Å². The van der Waals surface area contributed by atoms with Gasteiger partial charge in [0.2, 0.25) is 10.0 Å². The van der Waals surface area contributed by atoms with Gasteiger partial charge in [-0.3, -0.25) is 4.79 Å². The molecule has 0 saturated heterocycles. The molecule has 30 heavy (non-hydrogen) atoms. The topological polar surface area (TPSA) is 86.7 Å². The van der Waals surface area contributed by atoms with Crippen LogP contribution in [0.2, 0.25) is 5.02 Å². The summed E-state index contributed by atoms with van der Waals surface area (Å²) in [4.78, 5) is 14.1. The predicted molar refractivity (Wildman–Crippen MR) is 116 cm³/mol. The largest absolute Gasteiger partial charge is 0.507 e. The van der Waals surface area contributed by atoms with E-state index in [1.807, 2.05) is 24.3 Å². The highest BCUT2D eigenvalue weighted by Gasteiger charge is 2.21. The summed E-state index contributed by atoms with van der Waals surface area (Å²) >= 11 is 6.15. The van der Waals surface area contributed by atoms with Gasteiger partial charge in [0.05, 0.1) is 10.5 Å². The highest BCUT2D eigenvalue weighted by molar-refractivity contribution is 7.89. The number of sulfonamides is 1. The monoisotopic (exact) mass is 444 g/mol. The Bertz CT molecular complexity index is 1150. The summed E-state index contributed by atoms with van der Waals surface area (Å²) < 4.78 is 27.8. The molecule has 0 unspecified atom stereocenters. The molecular weight excluding hydrogens is 424 g/mol. The highest BCUT2D eigenvalue weighted by Crippen LogP contribution is 2.24. The fraction of sp³-hybridized carbons (Fsp3) is 0.136. The van der Waals surface area contributed by atoms with Crippen molar-refractivity contribution in [2.24, 2.45) is 0 Å². The molecule has 0 heterocycles. The first-order valence-electron chi connectivity index (χ1n) is 9.13. The number of carbonyl (C=O) groups is 1. The Labute approximate surface area is 180 Å². The average Bonchev–Trinajstić information content (AvgIpc) is 2.74. The lowest BCUT2D eigenvalue weighted by Gasteiger charge is -2.19. The number of carbonyl (C=O) groups excluding carboxylic acids is 1. The van der Waals surface area contributed by atoms with E-state index >= 15 is 0 Å². The van der Waals surface area contributed by atoms with Crippen molar-refractivity contribution in [2.45, 2.75) is 18.0 Å². The van der Waals surface area contributed by atoms with Crippen LogP contribution in [0.15, 0.2) is 77.7 Å². The number of hydrogen-bond donors (Lipinski definition) is 2. The predicted octanol–water partition coefficient (Wildman–Crippen LogP) is 3.80. The molecule has 2 N–H and O–H groups in total. The number of amides is 1. The summed E-state index contributed by atoms with van der Waals surface area (Å²) in [6.07, 6.45) is 0. The maximum atomic E-state index is 12.8. The van der Waals surface area contributed by atoms with Gasteiger partial charge in [-0.25, -0.2) is 13.1 Å². The molecule has 1 amide bonds. The van der Waals surface area contributed by atoms with Crippen LogP contribution in [0.3, 0.4) is 0 Å². The Morgan fingerprint density at radius 1 is 1.03 bits per heavy atom. The lowest BCUT2D eigenvalue weighted by molar-refractivity contribution is 0.0782. The zero-order chi connectivity index (χ0) is 21.7. The van der Waals surface area contributed by atoms with E-state index in [4.69, 9.17) is 11.6 Å². The smallest absolute Gasteiger partial charge is 0.257 e. The second-order valence-electron chi connectivity index (χ2n) is 6.74. The van der Waals surface area contributed by atoms with Crippen molar-refractivity contribution in [1.29, 1.82) is 0 Å². The van der Waals surface area contributed by atoms with Crippen LogP contribution in [0.5, 0.6) is 5.75 Å². The summed E-state index contributed by atoms with van der Waals surface area (Å²) in [6.45, 7) is 0.320. The number of nitrogens with one attached hydrogen (secondary N) is 1. The van der Waals surface area contributed by atoms with Crippen LogP contribution >= 0.6 is 11.6 Å². The normalized spacial score (nSPS) is 11.3. The van der Waals surface area contributed by atoms with Gasteiger partial charge in [0.15, 0.2) is 0 Å². The molecule has 8 heteroatoms. The second-order valence-corrected chi connectivity index (χ2v) is 8.92. The molecule has 0 aliphatic rings. The van der Waals surface area contributed by atoms with Crippen molar-refractivity contribution in [3.05, 3.63) is 94.5 Å². The quantitative estimate of drug-likeness (QED) is 0.580. The number of aromatic hydroxyl groups is 1. The number of halogens is 1. The van der Waals surface area contributed by atoms with Crippen LogP contribution in [-0.4, -0.2) is 31.4 Å². The second kappa shape index (κ2) is 9.30. The minimum Gasteiger partial charge on any atom is -0.507 e. The van der Waals surface area contributed by atoms with Gasteiger partial charge in [0, 0.05) is 25.2 Å². The van der Waals surface area contributed by atoms with E-state index in [-0.39, 0.29) is 29.3 Å². The highest BCUT2D eigenvalue weighted by atomic mass is 35.5. The Hall–Kier alpha value is -2.87. The van der Waals surface area contributed by atoms with Crippen molar-refractivity contribution < 1.29 is 18.3 Å². The molecule has 0 fully saturated rings. The fourth-order valence-corrected chi connectivity index (χ4v) is 4.11. The molecule has 3 rings (SSSR count). The molecule has 3 aromatic rings. The molecule has 0 bridgehead atoms. The van der Waals surface area contributed by atoms with E-state index in [1.54, 1.807) is 37.4 Å². The van der Waals surface area contributed by atoms with E-state index in [1.165, 1.54) is 23.1 Å². The maximum absolute atomic E-state index is 12.8. The molecule has 0 aromatic heterocycles. The van der Waals surface area contributed by atoms with Gasteiger partial charge in [-0.2, -0.15) is 0 Å². The summed E-state index contributed by atoms with van der Waals surface area (Å²) in [7, 11) is -2.32. The zero-order valence-electron chi connectivity index (χ0n) is 16.2. The van der Waals surface area contributed by atoms with Crippen LogP contribution < -0.4 is 4.72 Å². The van der Waals surface area contributed by atoms with Crippen LogP contribution in [0, 0.1) is 0 Å². The lowest BCUT2D eigenvalue weighted by Crippen LogP contribution is -2.27. The number of rotatable bonds is 7. The molecule has 0 saturated carbocycles. The summed E-state index contributed by atoms with van der Waals surface area (Å²) in [6, 6.07) is 19.8. The van der Waals surface area contributed by atoms with E-state index in [9.17, 15) is 18.3 Å². The molecule has 0 aliphatic carbocycles.